The summed E-state index contributed by atoms with van der Waals surface area (Å²) >= 11 is 0. The quantitative estimate of drug-likeness (QED) is 0.363. The van der Waals surface area contributed by atoms with E-state index in [4.69, 9.17) is 5.84 Å². The van der Waals surface area contributed by atoms with Crippen molar-refractivity contribution in [3.05, 3.63) is 82.0 Å². The van der Waals surface area contributed by atoms with Crippen LogP contribution in [0.25, 0.3) is 5.57 Å². The Hall–Kier alpha value is -3.19. The number of hydrazine groups is 1. The van der Waals surface area contributed by atoms with Crippen LogP contribution in [-0.2, 0) is 4.79 Å². The second-order valence-corrected chi connectivity index (χ2v) is 5.70. The minimum Gasteiger partial charge on any atom is -0.383 e. The molecule has 0 saturated heterocycles. The molecule has 0 heterocycles. The van der Waals surface area contributed by atoms with Gasteiger partial charge in [0, 0.05) is 32.4 Å². The number of nitro benzene ring substituents is 1. The largest absolute Gasteiger partial charge is 0.383 e. The Bertz CT molecular complexity index is 771. The molecule has 1 amide bonds. The van der Waals surface area contributed by atoms with Gasteiger partial charge in [0.05, 0.1) is 10.8 Å². The summed E-state index contributed by atoms with van der Waals surface area (Å²) in [4.78, 5) is 24.7. The molecule has 2 rings (SSSR count). The third kappa shape index (κ3) is 4.42. The second-order valence-electron chi connectivity index (χ2n) is 5.70. The molecule has 3 N–H and O–H groups in total. The molecule has 7 heteroatoms. The monoisotopic (exact) mass is 340 g/mol. The molecule has 0 saturated carbocycles. The van der Waals surface area contributed by atoms with E-state index in [2.05, 4.69) is 5.43 Å². The third-order valence-electron chi connectivity index (χ3n) is 3.66. The van der Waals surface area contributed by atoms with Crippen LogP contribution >= 0.6 is 0 Å². The smallest absolute Gasteiger partial charge is 0.269 e. The molecule has 0 bridgehead atoms. The summed E-state index contributed by atoms with van der Waals surface area (Å²) < 4.78 is 0. The van der Waals surface area contributed by atoms with E-state index in [0.29, 0.717) is 11.1 Å². The van der Waals surface area contributed by atoms with Gasteiger partial charge in [0.1, 0.15) is 0 Å². The first-order valence-corrected chi connectivity index (χ1v) is 7.62. The van der Waals surface area contributed by atoms with Crippen molar-refractivity contribution in [1.82, 2.24) is 10.3 Å². The Morgan fingerprint density at radius 2 is 1.76 bits per heavy atom. The summed E-state index contributed by atoms with van der Waals surface area (Å²) in [6.07, 6.45) is 1.81. The minimum absolute atomic E-state index is 0.00695. The molecule has 0 fully saturated rings. The Kier molecular flexibility index (Phi) is 5.86. The van der Waals surface area contributed by atoms with Gasteiger partial charge in [-0.1, -0.05) is 30.3 Å². The highest BCUT2D eigenvalue weighted by molar-refractivity contribution is 5.97. The molecule has 0 aliphatic rings. The molecule has 130 valence electrons. The SMILES string of the molecule is CN(C)/C=C(/c1ccc([N+](=O)[O-])cc1)C(C(=O)NN)c1ccccc1. The van der Waals surface area contributed by atoms with Crippen molar-refractivity contribution in [2.75, 3.05) is 14.1 Å². The van der Waals surface area contributed by atoms with Crippen molar-refractivity contribution in [2.45, 2.75) is 5.92 Å². The van der Waals surface area contributed by atoms with Crippen molar-refractivity contribution in [2.24, 2.45) is 5.84 Å². The van der Waals surface area contributed by atoms with Gasteiger partial charge in [-0.25, -0.2) is 5.84 Å². The van der Waals surface area contributed by atoms with E-state index >= 15 is 0 Å². The Balaban J connectivity index is 2.57. The zero-order chi connectivity index (χ0) is 18.4. The fraction of sp³-hybridized carbons (Fsp3) is 0.167. The number of amides is 1. The van der Waals surface area contributed by atoms with Crippen molar-refractivity contribution >= 4 is 17.2 Å². The van der Waals surface area contributed by atoms with Crippen LogP contribution < -0.4 is 11.3 Å². The first-order chi connectivity index (χ1) is 11.9. The number of benzene rings is 2. The van der Waals surface area contributed by atoms with Gasteiger partial charge in [0.25, 0.3) is 5.69 Å². The van der Waals surface area contributed by atoms with Gasteiger partial charge in [-0.05, 0) is 28.8 Å². The van der Waals surface area contributed by atoms with Crippen LogP contribution in [0.15, 0.2) is 60.8 Å². The molecule has 7 nitrogen and oxygen atoms in total. The van der Waals surface area contributed by atoms with Crippen LogP contribution in [0.1, 0.15) is 17.0 Å². The van der Waals surface area contributed by atoms with Gasteiger partial charge in [-0.3, -0.25) is 20.3 Å². The van der Waals surface area contributed by atoms with Crippen molar-refractivity contribution in [1.29, 1.82) is 0 Å². The van der Waals surface area contributed by atoms with E-state index in [1.807, 2.05) is 55.5 Å². The number of carbonyl (C=O) groups is 1. The molecule has 0 aliphatic heterocycles. The van der Waals surface area contributed by atoms with Crippen LogP contribution in [0.3, 0.4) is 0 Å². The first kappa shape index (κ1) is 18.2. The lowest BCUT2D eigenvalue weighted by Crippen LogP contribution is -2.35. The standard InChI is InChI=1S/C18H20N4O3/c1-21(2)12-16(13-8-10-15(11-9-13)22(24)25)17(18(23)20-19)14-6-4-3-5-7-14/h3-12,17H,19H2,1-2H3,(H,20,23)/b16-12-. The molecule has 0 radical (unpaired) electrons. The van der Waals surface area contributed by atoms with E-state index in [-0.39, 0.29) is 11.6 Å². The normalized spacial score (nSPS) is 12.4. The summed E-state index contributed by atoms with van der Waals surface area (Å²) in [5.74, 6) is 4.38. The van der Waals surface area contributed by atoms with E-state index in [9.17, 15) is 14.9 Å². The number of nitrogens with one attached hydrogen (secondary N) is 1. The lowest BCUT2D eigenvalue weighted by Gasteiger charge is -2.22. The number of nitro groups is 1. The van der Waals surface area contributed by atoms with Crippen molar-refractivity contribution < 1.29 is 9.72 Å². The predicted molar refractivity (Wildman–Crippen MR) is 96.3 cm³/mol. The van der Waals surface area contributed by atoms with Gasteiger partial charge in [0.15, 0.2) is 0 Å². The third-order valence-corrected chi connectivity index (χ3v) is 3.66. The topological polar surface area (TPSA) is 101 Å². The predicted octanol–water partition coefficient (Wildman–Crippen LogP) is 2.27. The number of carbonyl (C=O) groups excluding carboxylic acids is 1. The fourth-order valence-corrected chi connectivity index (χ4v) is 2.57. The number of hydrogen-bond donors (Lipinski definition) is 2. The van der Waals surface area contributed by atoms with Gasteiger partial charge in [0.2, 0.25) is 5.91 Å². The highest BCUT2D eigenvalue weighted by atomic mass is 16.6. The number of non-ortho nitro benzene ring substituents is 1. The highest BCUT2D eigenvalue weighted by Crippen LogP contribution is 2.33. The number of nitrogens with zero attached hydrogens (tertiary/aromatic N) is 2. The molecular weight excluding hydrogens is 320 g/mol. The molecule has 2 aromatic rings. The Morgan fingerprint density at radius 1 is 1.16 bits per heavy atom. The summed E-state index contributed by atoms with van der Waals surface area (Å²) in [7, 11) is 3.68. The molecule has 1 unspecified atom stereocenters. The van der Waals surface area contributed by atoms with Gasteiger partial charge in [-0.2, -0.15) is 0 Å². The van der Waals surface area contributed by atoms with Gasteiger partial charge in [-0.15, -0.1) is 0 Å². The summed E-state index contributed by atoms with van der Waals surface area (Å²) in [6, 6.07) is 15.3. The average molecular weight is 340 g/mol. The van der Waals surface area contributed by atoms with E-state index in [1.54, 1.807) is 12.1 Å². The van der Waals surface area contributed by atoms with Gasteiger partial charge < -0.3 is 4.90 Å². The average Bonchev–Trinajstić information content (AvgIpc) is 2.61. The molecule has 2 aromatic carbocycles. The van der Waals surface area contributed by atoms with Gasteiger partial charge >= 0.3 is 0 Å². The van der Waals surface area contributed by atoms with Crippen LogP contribution in [-0.4, -0.2) is 29.8 Å². The number of hydrogen-bond acceptors (Lipinski definition) is 5. The second kappa shape index (κ2) is 8.07. The molecule has 25 heavy (non-hydrogen) atoms. The zero-order valence-corrected chi connectivity index (χ0v) is 14.0. The zero-order valence-electron chi connectivity index (χ0n) is 14.0. The molecule has 0 aromatic heterocycles. The van der Waals surface area contributed by atoms with Crippen LogP contribution in [0.2, 0.25) is 0 Å². The molecule has 0 aliphatic carbocycles. The molecule has 1 atom stereocenters. The number of rotatable bonds is 6. The van der Waals surface area contributed by atoms with Crippen molar-refractivity contribution in [3.63, 3.8) is 0 Å². The minimum atomic E-state index is -0.643. The Morgan fingerprint density at radius 3 is 2.24 bits per heavy atom. The highest BCUT2D eigenvalue weighted by Gasteiger charge is 2.26. The van der Waals surface area contributed by atoms with E-state index in [0.717, 1.165) is 5.56 Å². The molecule has 0 spiro atoms. The van der Waals surface area contributed by atoms with E-state index in [1.165, 1.54) is 12.1 Å². The Labute approximate surface area is 145 Å². The maximum Gasteiger partial charge on any atom is 0.269 e. The van der Waals surface area contributed by atoms with Crippen LogP contribution in [0.4, 0.5) is 5.69 Å². The first-order valence-electron chi connectivity index (χ1n) is 7.62. The number of nitrogens with two attached hydrogens (primary N) is 1. The van der Waals surface area contributed by atoms with E-state index < -0.39 is 10.8 Å². The maximum atomic E-state index is 12.5. The van der Waals surface area contributed by atoms with Crippen LogP contribution in [0, 0.1) is 10.1 Å². The summed E-state index contributed by atoms with van der Waals surface area (Å²) in [6.45, 7) is 0. The summed E-state index contributed by atoms with van der Waals surface area (Å²) in [5.41, 5.74) is 4.37. The van der Waals surface area contributed by atoms with Crippen LogP contribution in [0.5, 0.6) is 0 Å². The fourth-order valence-electron chi connectivity index (χ4n) is 2.57. The summed E-state index contributed by atoms with van der Waals surface area (Å²) in [5, 5.41) is 10.9. The molecular formula is C18H20N4O3. The maximum absolute atomic E-state index is 12.5. The van der Waals surface area contributed by atoms with Crippen molar-refractivity contribution in [3.8, 4) is 0 Å². The lowest BCUT2D eigenvalue weighted by molar-refractivity contribution is -0.384. The lowest BCUT2D eigenvalue weighted by atomic mass is 9.86.